The maximum atomic E-state index is 9.34. The fourth-order valence-corrected chi connectivity index (χ4v) is 4.37. The molecule has 1 aliphatic carbocycles. The zero-order valence-corrected chi connectivity index (χ0v) is 15.4. The summed E-state index contributed by atoms with van der Waals surface area (Å²) in [4.78, 5) is 8.96. The summed E-state index contributed by atoms with van der Waals surface area (Å²) in [6.45, 7) is 3.45. The van der Waals surface area contributed by atoms with Crippen molar-refractivity contribution in [3.8, 4) is 0 Å². The standard InChI is InChI=1S/C18H32N6O/c1-12(25)9-21-10-13-3-5-14(6-4-13)16(19)17-15-7-8-22-18(15)23-11-24(17)20-2/h8,11-15,17-21,25H,3-7,9-10H2,1-2H3. The van der Waals surface area contributed by atoms with Crippen LogP contribution in [0.3, 0.4) is 0 Å². The van der Waals surface area contributed by atoms with Gasteiger partial charge in [-0.1, -0.05) is 0 Å². The largest absolute Gasteiger partial charge is 0.392 e. The van der Waals surface area contributed by atoms with E-state index < -0.39 is 0 Å². The van der Waals surface area contributed by atoms with Gasteiger partial charge in [-0.3, -0.25) is 10.0 Å². The molecule has 4 atom stereocenters. The summed E-state index contributed by atoms with van der Waals surface area (Å²) < 4.78 is 0. The van der Waals surface area contributed by atoms with E-state index in [1.807, 2.05) is 31.5 Å². The Labute approximate surface area is 150 Å². The number of nitrogens with one attached hydrogen (secondary N) is 3. The Hall–Kier alpha value is -1.31. The van der Waals surface area contributed by atoms with Crippen LogP contribution in [0.2, 0.25) is 0 Å². The average Bonchev–Trinajstić information content (AvgIpc) is 3.09. The molecule has 0 bridgehead atoms. The van der Waals surface area contributed by atoms with Crippen LogP contribution >= 0.6 is 0 Å². The first-order valence-corrected chi connectivity index (χ1v) is 9.58. The van der Waals surface area contributed by atoms with E-state index in [0.29, 0.717) is 18.4 Å². The van der Waals surface area contributed by atoms with Gasteiger partial charge in [0.05, 0.1) is 12.1 Å². The van der Waals surface area contributed by atoms with Crippen molar-refractivity contribution < 1.29 is 5.11 Å². The van der Waals surface area contributed by atoms with Crippen LogP contribution in [0.25, 0.3) is 0 Å². The minimum Gasteiger partial charge on any atom is -0.392 e. The zero-order chi connectivity index (χ0) is 17.8. The third kappa shape index (κ3) is 4.27. The fraction of sp³-hybridized carbons (Fsp3) is 0.833. The van der Waals surface area contributed by atoms with E-state index in [2.05, 4.69) is 20.7 Å². The monoisotopic (exact) mass is 348 g/mol. The number of hydrogen-bond donors (Lipinski definition) is 4. The second kappa shape index (κ2) is 8.38. The number of hydrazine groups is 1. The quantitative estimate of drug-likeness (QED) is 0.517. The Morgan fingerprint density at radius 2 is 2.08 bits per heavy atom. The van der Waals surface area contributed by atoms with E-state index in [1.165, 1.54) is 0 Å². The lowest BCUT2D eigenvalue weighted by Crippen LogP contribution is -2.56. The molecular weight excluding hydrogens is 316 g/mol. The molecule has 0 saturated heterocycles. The normalized spacial score (nSPS) is 35.6. The molecular formula is C18H32N6O. The highest BCUT2D eigenvalue weighted by atomic mass is 16.3. The molecule has 0 amide bonds. The van der Waals surface area contributed by atoms with Gasteiger partial charge in [-0.2, -0.15) is 0 Å². The van der Waals surface area contributed by atoms with E-state index in [1.54, 1.807) is 0 Å². The topological polar surface area (TPSA) is 96.1 Å². The molecule has 0 aromatic heterocycles. The van der Waals surface area contributed by atoms with E-state index in [0.717, 1.165) is 44.4 Å². The Bertz CT molecular complexity index is 512. The van der Waals surface area contributed by atoms with Crippen LogP contribution in [0.1, 0.15) is 39.0 Å². The number of aliphatic imine (C=N–C) groups is 2. The maximum Gasteiger partial charge on any atom is 0.146 e. The molecule has 3 rings (SSSR count). The highest BCUT2D eigenvalue weighted by Crippen LogP contribution is 2.35. The van der Waals surface area contributed by atoms with Crippen molar-refractivity contribution in [3.05, 3.63) is 0 Å². The molecule has 0 radical (unpaired) electrons. The van der Waals surface area contributed by atoms with Gasteiger partial charge in [-0.05, 0) is 57.4 Å². The maximum absolute atomic E-state index is 9.34. The van der Waals surface area contributed by atoms with Crippen LogP contribution in [0.4, 0.5) is 0 Å². The summed E-state index contributed by atoms with van der Waals surface area (Å²) in [5.74, 6) is 1.32. The molecule has 1 fully saturated rings. The third-order valence-electron chi connectivity index (χ3n) is 5.80. The fourth-order valence-electron chi connectivity index (χ4n) is 4.37. The van der Waals surface area contributed by atoms with Gasteiger partial charge in [0.1, 0.15) is 12.5 Å². The lowest BCUT2D eigenvalue weighted by molar-refractivity contribution is 0.184. The van der Waals surface area contributed by atoms with Crippen molar-refractivity contribution in [2.45, 2.75) is 57.3 Å². The molecule has 3 aliphatic rings. The number of nitrogens with zero attached hydrogens (tertiary/aromatic N) is 3. The van der Waals surface area contributed by atoms with Crippen LogP contribution in [0.5, 0.6) is 0 Å². The van der Waals surface area contributed by atoms with Gasteiger partial charge >= 0.3 is 0 Å². The molecule has 4 N–H and O–H groups in total. The van der Waals surface area contributed by atoms with Gasteiger partial charge in [0.15, 0.2) is 0 Å². The van der Waals surface area contributed by atoms with Crippen LogP contribution in [-0.4, -0.2) is 66.8 Å². The molecule has 2 aliphatic heterocycles. The van der Waals surface area contributed by atoms with Crippen LogP contribution < -0.4 is 10.7 Å². The van der Waals surface area contributed by atoms with Gasteiger partial charge in [0.2, 0.25) is 0 Å². The summed E-state index contributed by atoms with van der Waals surface area (Å²) in [5.41, 5.74) is 4.03. The lowest BCUT2D eigenvalue weighted by atomic mass is 9.75. The Balaban J connectivity index is 1.54. The van der Waals surface area contributed by atoms with Gasteiger partial charge in [-0.25, -0.2) is 10.4 Å². The molecule has 140 valence electrons. The molecule has 4 unspecified atom stereocenters. The third-order valence-corrected chi connectivity index (χ3v) is 5.80. The number of rotatable bonds is 7. The summed E-state index contributed by atoms with van der Waals surface area (Å²) >= 11 is 0. The smallest absolute Gasteiger partial charge is 0.146 e. The Kier molecular flexibility index (Phi) is 6.19. The highest BCUT2D eigenvalue weighted by molar-refractivity contribution is 5.92. The van der Waals surface area contributed by atoms with Crippen molar-refractivity contribution in [1.82, 2.24) is 15.8 Å². The number of fused-ring (bicyclic) bond motifs is 1. The Morgan fingerprint density at radius 3 is 2.76 bits per heavy atom. The molecule has 0 spiro atoms. The van der Waals surface area contributed by atoms with Crippen LogP contribution in [0, 0.1) is 23.2 Å². The second-order valence-corrected chi connectivity index (χ2v) is 7.67. The molecule has 25 heavy (non-hydrogen) atoms. The van der Waals surface area contributed by atoms with Crippen molar-refractivity contribution >= 4 is 18.3 Å². The summed E-state index contributed by atoms with van der Waals surface area (Å²) in [7, 11) is 1.90. The molecule has 0 aromatic carbocycles. The van der Waals surface area contributed by atoms with Crippen molar-refractivity contribution in [3.63, 3.8) is 0 Å². The van der Waals surface area contributed by atoms with Gasteiger partial charge in [0.25, 0.3) is 0 Å². The number of hydrogen-bond acceptors (Lipinski definition) is 7. The number of aliphatic hydroxyl groups is 1. The van der Waals surface area contributed by atoms with Gasteiger partial charge in [-0.15, -0.1) is 0 Å². The molecule has 1 saturated carbocycles. The number of aliphatic hydroxyl groups excluding tert-OH is 1. The average molecular weight is 348 g/mol. The predicted octanol–water partition coefficient (Wildman–Crippen LogP) is 1.05. The summed E-state index contributed by atoms with van der Waals surface area (Å²) in [5, 5.41) is 23.6. The van der Waals surface area contributed by atoms with E-state index in [9.17, 15) is 5.11 Å². The van der Waals surface area contributed by atoms with E-state index in [-0.39, 0.29) is 24.2 Å². The Morgan fingerprint density at radius 1 is 1.32 bits per heavy atom. The van der Waals surface area contributed by atoms with Crippen molar-refractivity contribution in [1.29, 1.82) is 5.41 Å². The second-order valence-electron chi connectivity index (χ2n) is 7.67. The molecule has 2 heterocycles. The van der Waals surface area contributed by atoms with Crippen molar-refractivity contribution in [2.24, 2.45) is 27.7 Å². The first kappa shape index (κ1) is 18.5. The molecule has 7 heteroatoms. The van der Waals surface area contributed by atoms with Crippen LogP contribution in [-0.2, 0) is 0 Å². The minimum atomic E-state index is -0.286. The van der Waals surface area contributed by atoms with Gasteiger partial charge in [0, 0.05) is 31.4 Å². The molecule has 7 nitrogen and oxygen atoms in total. The summed E-state index contributed by atoms with van der Waals surface area (Å²) in [6.07, 6.45) is 8.89. The first-order chi connectivity index (χ1) is 12.1. The van der Waals surface area contributed by atoms with E-state index in [4.69, 9.17) is 5.41 Å². The van der Waals surface area contributed by atoms with Crippen molar-refractivity contribution in [2.75, 3.05) is 20.1 Å². The van der Waals surface area contributed by atoms with Crippen LogP contribution in [0.15, 0.2) is 9.98 Å². The van der Waals surface area contributed by atoms with Gasteiger partial charge < -0.3 is 15.8 Å². The van der Waals surface area contributed by atoms with E-state index >= 15 is 0 Å². The lowest BCUT2D eigenvalue weighted by Gasteiger charge is -2.41. The SMILES string of the molecule is CNN1C=NC2N=CCC2C1C(=N)C1CCC(CNCC(C)O)CC1. The predicted molar refractivity (Wildman–Crippen MR) is 101 cm³/mol. The molecule has 0 aromatic rings. The highest BCUT2D eigenvalue weighted by Gasteiger charge is 2.42. The minimum absolute atomic E-state index is 0.00374. The zero-order valence-electron chi connectivity index (χ0n) is 15.4. The first-order valence-electron chi connectivity index (χ1n) is 9.58. The summed E-state index contributed by atoms with van der Waals surface area (Å²) in [6, 6.07) is 0.0601.